The highest BCUT2D eigenvalue weighted by molar-refractivity contribution is 7.98. The molecule has 0 saturated heterocycles. The van der Waals surface area contributed by atoms with Crippen LogP contribution in [0.15, 0.2) is 54.6 Å². The third kappa shape index (κ3) is 6.29. The first-order valence-corrected chi connectivity index (χ1v) is 11.8. The largest absolute Gasteiger partial charge is 0.353 e. The van der Waals surface area contributed by atoms with Gasteiger partial charge in [0.25, 0.3) is 0 Å². The molecule has 2 aromatic rings. The fourth-order valence-electron chi connectivity index (χ4n) is 2.73. The Morgan fingerprint density at radius 1 is 1.11 bits per heavy atom. The number of amides is 1. The second-order valence-corrected chi connectivity index (χ2v) is 9.31. The number of benzene rings is 2. The topological polar surface area (TPSA) is 66.5 Å². The van der Waals surface area contributed by atoms with Crippen molar-refractivity contribution in [3.05, 3.63) is 65.7 Å². The molecule has 0 saturated carbocycles. The molecule has 2 rings (SSSR count). The van der Waals surface area contributed by atoms with Crippen molar-refractivity contribution in [2.75, 3.05) is 22.9 Å². The molecule has 0 aliphatic carbocycles. The smallest absolute Gasteiger partial charge is 0.243 e. The van der Waals surface area contributed by atoms with E-state index in [1.807, 2.05) is 12.1 Å². The molecule has 0 aliphatic heterocycles. The minimum Gasteiger partial charge on any atom is -0.353 e. The van der Waals surface area contributed by atoms with Gasteiger partial charge in [-0.3, -0.25) is 9.10 Å². The second kappa shape index (κ2) is 9.80. The molecule has 0 spiro atoms. The van der Waals surface area contributed by atoms with E-state index >= 15 is 0 Å². The third-order valence-corrected chi connectivity index (χ3v) is 6.41. The standard InChI is InChI=1S/C20H26N2O3S2/c1-16-9-7-8-10-18(16)15-26-14-13-21-20(23)17(2)22(27(3,24)25)19-11-5-4-6-12-19/h4-12,17H,13-15H2,1-3H3,(H,21,23)/t17-/m0/s1. The van der Waals surface area contributed by atoms with Gasteiger partial charge < -0.3 is 5.32 Å². The van der Waals surface area contributed by atoms with E-state index in [4.69, 9.17) is 0 Å². The third-order valence-electron chi connectivity index (χ3n) is 4.16. The molecule has 146 valence electrons. The van der Waals surface area contributed by atoms with Crippen LogP contribution >= 0.6 is 11.8 Å². The Hall–Kier alpha value is -1.99. The van der Waals surface area contributed by atoms with Crippen molar-refractivity contribution in [1.82, 2.24) is 5.32 Å². The van der Waals surface area contributed by atoms with Crippen LogP contribution in [0, 0.1) is 6.92 Å². The zero-order valence-corrected chi connectivity index (χ0v) is 17.5. The molecule has 0 radical (unpaired) electrons. The van der Waals surface area contributed by atoms with E-state index in [2.05, 4.69) is 24.4 Å². The number of carbonyl (C=O) groups is 1. The zero-order chi connectivity index (χ0) is 19.9. The van der Waals surface area contributed by atoms with E-state index in [9.17, 15) is 13.2 Å². The molecule has 27 heavy (non-hydrogen) atoms. The lowest BCUT2D eigenvalue weighted by molar-refractivity contribution is -0.121. The predicted molar refractivity (Wildman–Crippen MR) is 114 cm³/mol. The number of anilines is 1. The first-order valence-electron chi connectivity index (χ1n) is 8.75. The highest BCUT2D eigenvalue weighted by Crippen LogP contribution is 2.20. The predicted octanol–water partition coefficient (Wildman–Crippen LogP) is 3.20. The summed E-state index contributed by atoms with van der Waals surface area (Å²) < 4.78 is 25.5. The van der Waals surface area contributed by atoms with Crippen molar-refractivity contribution in [2.24, 2.45) is 0 Å². The highest BCUT2D eigenvalue weighted by atomic mass is 32.2. The van der Waals surface area contributed by atoms with Gasteiger partial charge in [-0.15, -0.1) is 0 Å². The van der Waals surface area contributed by atoms with Crippen LogP contribution in [0.2, 0.25) is 0 Å². The minimum absolute atomic E-state index is 0.305. The van der Waals surface area contributed by atoms with Crippen LogP contribution in [-0.2, 0) is 20.6 Å². The Morgan fingerprint density at radius 3 is 2.37 bits per heavy atom. The molecule has 5 nitrogen and oxygen atoms in total. The van der Waals surface area contributed by atoms with E-state index in [0.29, 0.717) is 12.2 Å². The molecule has 1 atom stereocenters. The number of nitrogens with one attached hydrogen (secondary N) is 1. The summed E-state index contributed by atoms with van der Waals surface area (Å²) in [5.74, 6) is 1.34. The number of sulfonamides is 1. The van der Waals surface area contributed by atoms with Crippen molar-refractivity contribution in [1.29, 1.82) is 0 Å². The number of para-hydroxylation sites is 1. The summed E-state index contributed by atoms with van der Waals surface area (Å²) in [4.78, 5) is 12.5. The Morgan fingerprint density at radius 2 is 1.74 bits per heavy atom. The van der Waals surface area contributed by atoms with Gasteiger partial charge in [-0.25, -0.2) is 8.42 Å². The van der Waals surface area contributed by atoms with Gasteiger partial charge in [0, 0.05) is 18.1 Å². The molecule has 0 fully saturated rings. The molecule has 7 heteroatoms. The first-order chi connectivity index (χ1) is 12.8. The summed E-state index contributed by atoms with van der Waals surface area (Å²) in [7, 11) is -3.57. The number of aryl methyl sites for hydroxylation is 1. The molecular weight excluding hydrogens is 380 g/mol. The normalized spacial score (nSPS) is 12.4. The number of carbonyl (C=O) groups excluding carboxylic acids is 1. The van der Waals surface area contributed by atoms with Crippen LogP contribution in [0.3, 0.4) is 0 Å². The quantitative estimate of drug-likeness (QED) is 0.650. The maximum Gasteiger partial charge on any atom is 0.243 e. The molecule has 2 aromatic carbocycles. The monoisotopic (exact) mass is 406 g/mol. The zero-order valence-electron chi connectivity index (χ0n) is 15.9. The first kappa shape index (κ1) is 21.3. The van der Waals surface area contributed by atoms with Crippen LogP contribution in [0.4, 0.5) is 5.69 Å². The maximum absolute atomic E-state index is 12.5. The molecular formula is C20H26N2O3S2. The fourth-order valence-corrected chi connectivity index (χ4v) is 4.84. The molecule has 0 unspecified atom stereocenters. The summed E-state index contributed by atoms with van der Waals surface area (Å²) in [5.41, 5.74) is 3.03. The summed E-state index contributed by atoms with van der Waals surface area (Å²) >= 11 is 1.74. The minimum atomic E-state index is -3.57. The van der Waals surface area contributed by atoms with Gasteiger partial charge in [0.05, 0.1) is 11.9 Å². The van der Waals surface area contributed by atoms with Gasteiger partial charge in [0.2, 0.25) is 15.9 Å². The van der Waals surface area contributed by atoms with Crippen molar-refractivity contribution in [2.45, 2.75) is 25.6 Å². The van der Waals surface area contributed by atoms with E-state index in [0.717, 1.165) is 22.1 Å². The number of hydrogen-bond acceptors (Lipinski definition) is 4. The van der Waals surface area contributed by atoms with E-state index in [-0.39, 0.29) is 5.91 Å². The lowest BCUT2D eigenvalue weighted by atomic mass is 10.1. The van der Waals surface area contributed by atoms with Crippen molar-refractivity contribution >= 4 is 33.4 Å². The molecule has 0 heterocycles. The Kier molecular flexibility index (Phi) is 7.74. The summed E-state index contributed by atoms with van der Waals surface area (Å²) in [5, 5.41) is 2.84. The molecule has 0 bridgehead atoms. The number of thioether (sulfide) groups is 1. The Labute approximate surface area is 166 Å². The van der Waals surface area contributed by atoms with Gasteiger partial charge in [-0.05, 0) is 37.1 Å². The summed E-state index contributed by atoms with van der Waals surface area (Å²) in [6.07, 6.45) is 1.11. The van der Waals surface area contributed by atoms with Crippen LogP contribution in [-0.4, -0.2) is 38.9 Å². The van der Waals surface area contributed by atoms with Crippen LogP contribution in [0.5, 0.6) is 0 Å². The molecule has 0 aliphatic rings. The lowest BCUT2D eigenvalue weighted by Crippen LogP contribution is -2.48. The SMILES string of the molecule is Cc1ccccc1CSCCNC(=O)[C@H](C)N(c1ccccc1)S(C)(=O)=O. The number of nitrogens with zero attached hydrogens (tertiary/aromatic N) is 1. The molecule has 0 aromatic heterocycles. The number of rotatable bonds is 9. The van der Waals surface area contributed by atoms with Crippen molar-refractivity contribution in [3.63, 3.8) is 0 Å². The average Bonchev–Trinajstić information content (AvgIpc) is 2.62. The summed E-state index contributed by atoms with van der Waals surface area (Å²) in [6.45, 7) is 4.18. The second-order valence-electron chi connectivity index (χ2n) is 6.34. The number of hydrogen-bond donors (Lipinski definition) is 1. The maximum atomic E-state index is 12.5. The van der Waals surface area contributed by atoms with E-state index < -0.39 is 16.1 Å². The summed E-state index contributed by atoms with van der Waals surface area (Å²) in [6, 6.07) is 16.1. The van der Waals surface area contributed by atoms with Crippen molar-refractivity contribution < 1.29 is 13.2 Å². The van der Waals surface area contributed by atoms with Gasteiger partial charge in [0.1, 0.15) is 6.04 Å². The van der Waals surface area contributed by atoms with Crippen LogP contribution in [0.25, 0.3) is 0 Å². The molecule has 1 amide bonds. The Bertz CT molecular complexity index is 855. The van der Waals surface area contributed by atoms with Crippen LogP contribution < -0.4 is 9.62 Å². The molecule has 1 N–H and O–H groups in total. The van der Waals surface area contributed by atoms with Gasteiger partial charge in [-0.2, -0.15) is 11.8 Å². The highest BCUT2D eigenvalue weighted by Gasteiger charge is 2.28. The van der Waals surface area contributed by atoms with Gasteiger partial charge >= 0.3 is 0 Å². The van der Waals surface area contributed by atoms with E-state index in [1.165, 1.54) is 11.1 Å². The average molecular weight is 407 g/mol. The fraction of sp³-hybridized carbons (Fsp3) is 0.350. The van der Waals surface area contributed by atoms with Gasteiger partial charge in [0.15, 0.2) is 0 Å². The Balaban J connectivity index is 1.87. The van der Waals surface area contributed by atoms with Crippen LogP contribution in [0.1, 0.15) is 18.1 Å². The van der Waals surface area contributed by atoms with Gasteiger partial charge in [-0.1, -0.05) is 42.5 Å². The lowest BCUT2D eigenvalue weighted by Gasteiger charge is -2.28. The van der Waals surface area contributed by atoms with E-state index in [1.54, 1.807) is 49.0 Å². The van der Waals surface area contributed by atoms with Crippen molar-refractivity contribution in [3.8, 4) is 0 Å².